The van der Waals surface area contributed by atoms with Crippen molar-refractivity contribution in [3.8, 4) is 0 Å². The molecule has 2 aliphatic heterocycles. The van der Waals surface area contributed by atoms with E-state index in [9.17, 15) is 9.18 Å². The van der Waals surface area contributed by atoms with Crippen molar-refractivity contribution in [2.75, 3.05) is 41.3 Å². The molecule has 0 radical (unpaired) electrons. The van der Waals surface area contributed by atoms with Crippen LogP contribution in [0.2, 0.25) is 0 Å². The largest absolute Gasteiger partial charge is 0.370 e. The first-order valence-corrected chi connectivity index (χ1v) is 11.1. The maximum absolute atomic E-state index is 13.9. The summed E-state index contributed by atoms with van der Waals surface area (Å²) in [7, 11) is 0. The molecular weight excluding hydrogens is 391 g/mol. The Morgan fingerprint density at radius 3 is 2.74 bits per heavy atom. The Balaban J connectivity index is 1.37. The summed E-state index contributed by atoms with van der Waals surface area (Å²) in [5.41, 5.74) is 3.88. The maximum Gasteiger partial charge on any atom is 0.224 e. The highest BCUT2D eigenvalue weighted by molar-refractivity contribution is 5.94. The summed E-state index contributed by atoms with van der Waals surface area (Å²) in [4.78, 5) is 21.2. The van der Waals surface area contributed by atoms with Crippen molar-refractivity contribution >= 4 is 33.9 Å². The lowest BCUT2D eigenvalue weighted by Gasteiger charge is -2.36. The Kier molecular flexibility index (Phi) is 5.22. The zero-order chi connectivity index (χ0) is 21.4. The fourth-order valence-corrected chi connectivity index (χ4v) is 5.06. The van der Waals surface area contributed by atoms with Gasteiger partial charge in [-0.2, -0.15) is 0 Å². The fraction of sp³-hybridized carbons (Fsp3) is 0.360. The molecule has 2 unspecified atom stereocenters. The number of hydrogen-bond acceptors (Lipinski definition) is 4. The van der Waals surface area contributed by atoms with Crippen LogP contribution >= 0.6 is 0 Å². The second-order valence-corrected chi connectivity index (χ2v) is 8.57. The molecule has 0 bridgehead atoms. The minimum atomic E-state index is -0.227. The number of para-hydroxylation sites is 2. The van der Waals surface area contributed by atoms with Crippen molar-refractivity contribution in [2.45, 2.75) is 19.8 Å². The van der Waals surface area contributed by atoms with Gasteiger partial charge >= 0.3 is 0 Å². The summed E-state index contributed by atoms with van der Waals surface area (Å²) in [5.74, 6) is 0.951. The summed E-state index contributed by atoms with van der Waals surface area (Å²) in [6.07, 6.45) is 3.39. The molecule has 3 heterocycles. The van der Waals surface area contributed by atoms with Gasteiger partial charge in [0, 0.05) is 49.9 Å². The van der Waals surface area contributed by atoms with Gasteiger partial charge in [0.1, 0.15) is 5.82 Å². The highest BCUT2D eigenvalue weighted by Crippen LogP contribution is 2.39. The van der Waals surface area contributed by atoms with E-state index in [4.69, 9.17) is 0 Å². The smallest absolute Gasteiger partial charge is 0.224 e. The number of carbonyl (C=O) groups excluding carboxylic acids is 1. The molecule has 3 aromatic rings. The van der Waals surface area contributed by atoms with E-state index in [0.717, 1.165) is 60.6 Å². The molecule has 5 nitrogen and oxygen atoms in total. The number of aromatic nitrogens is 1. The molecule has 2 atom stereocenters. The molecule has 1 N–H and O–H groups in total. The molecule has 0 saturated carbocycles. The number of pyridine rings is 1. The zero-order valence-electron chi connectivity index (χ0n) is 17.7. The monoisotopic (exact) mass is 418 g/mol. The van der Waals surface area contributed by atoms with Crippen LogP contribution in [-0.4, -0.2) is 37.1 Å². The number of halogens is 1. The van der Waals surface area contributed by atoms with E-state index < -0.39 is 0 Å². The van der Waals surface area contributed by atoms with Crippen molar-refractivity contribution in [2.24, 2.45) is 11.8 Å². The minimum Gasteiger partial charge on any atom is -0.370 e. The van der Waals surface area contributed by atoms with Crippen molar-refractivity contribution < 1.29 is 9.18 Å². The van der Waals surface area contributed by atoms with Crippen LogP contribution < -0.4 is 15.1 Å². The van der Waals surface area contributed by atoms with Crippen LogP contribution in [0.5, 0.6) is 0 Å². The van der Waals surface area contributed by atoms with Gasteiger partial charge in [0.15, 0.2) is 0 Å². The summed E-state index contributed by atoms with van der Waals surface area (Å²) in [5, 5.41) is 3.92. The third-order valence-electron chi connectivity index (χ3n) is 6.66. The third-order valence-corrected chi connectivity index (χ3v) is 6.66. The third kappa shape index (κ3) is 3.82. The average Bonchev–Trinajstić information content (AvgIpc) is 3.22. The molecule has 2 saturated heterocycles. The van der Waals surface area contributed by atoms with Crippen molar-refractivity contribution in [1.29, 1.82) is 0 Å². The first kappa shape index (κ1) is 19.8. The van der Waals surface area contributed by atoms with E-state index in [1.165, 1.54) is 6.07 Å². The van der Waals surface area contributed by atoms with Gasteiger partial charge in [0.25, 0.3) is 0 Å². The van der Waals surface area contributed by atoms with Gasteiger partial charge < -0.3 is 15.1 Å². The number of anilines is 3. The summed E-state index contributed by atoms with van der Waals surface area (Å²) in [6.45, 7) is 5.73. The van der Waals surface area contributed by atoms with Crippen LogP contribution in [0.1, 0.15) is 19.8 Å². The molecule has 1 amide bonds. The van der Waals surface area contributed by atoms with Crippen molar-refractivity contribution in [3.63, 3.8) is 0 Å². The van der Waals surface area contributed by atoms with Crippen LogP contribution in [0, 0.1) is 17.7 Å². The average molecular weight is 419 g/mol. The van der Waals surface area contributed by atoms with Crippen LogP contribution in [-0.2, 0) is 4.79 Å². The lowest BCUT2D eigenvalue weighted by molar-refractivity contribution is -0.115. The summed E-state index contributed by atoms with van der Waals surface area (Å²) < 4.78 is 13.9. The second-order valence-electron chi connectivity index (χ2n) is 8.57. The van der Waals surface area contributed by atoms with Gasteiger partial charge in [-0.3, -0.25) is 9.78 Å². The molecule has 160 valence electrons. The lowest BCUT2D eigenvalue weighted by Crippen LogP contribution is -2.40. The standard InChI is InChI=1S/C25H27FN4O/c1-2-25(31)28-22-5-3-4-6-24(22)29-12-10-17-14-30(16-18(17)15-29)23-9-11-27-21-8-7-19(26)13-20(21)23/h3-9,11,13,17-18H,2,10,12,14-16H2,1H3,(H,28,31). The van der Waals surface area contributed by atoms with Crippen molar-refractivity contribution in [1.82, 2.24) is 4.98 Å². The molecule has 6 heteroatoms. The predicted molar refractivity (Wildman–Crippen MR) is 123 cm³/mol. The molecule has 5 rings (SSSR count). The van der Waals surface area contributed by atoms with Gasteiger partial charge in [-0.15, -0.1) is 0 Å². The van der Waals surface area contributed by atoms with Crippen LogP contribution in [0.3, 0.4) is 0 Å². The number of benzene rings is 2. The topological polar surface area (TPSA) is 48.5 Å². The van der Waals surface area contributed by atoms with E-state index >= 15 is 0 Å². The highest BCUT2D eigenvalue weighted by Gasteiger charge is 2.38. The number of amides is 1. The quantitative estimate of drug-likeness (QED) is 0.668. The summed E-state index contributed by atoms with van der Waals surface area (Å²) >= 11 is 0. The number of hydrogen-bond donors (Lipinski definition) is 1. The van der Waals surface area contributed by atoms with Crippen molar-refractivity contribution in [3.05, 3.63) is 60.5 Å². The normalized spacial score (nSPS) is 20.7. The second kappa shape index (κ2) is 8.17. The zero-order valence-corrected chi connectivity index (χ0v) is 17.7. The van der Waals surface area contributed by atoms with Gasteiger partial charge in [-0.05, 0) is 54.7 Å². The van der Waals surface area contributed by atoms with Gasteiger partial charge in [0.05, 0.1) is 16.9 Å². The maximum atomic E-state index is 13.9. The first-order valence-electron chi connectivity index (χ1n) is 11.1. The number of fused-ring (bicyclic) bond motifs is 2. The van der Waals surface area contributed by atoms with Crippen LogP contribution in [0.4, 0.5) is 21.5 Å². The van der Waals surface area contributed by atoms with E-state index in [1.807, 2.05) is 37.4 Å². The molecule has 2 fully saturated rings. The number of nitrogens with one attached hydrogen (secondary N) is 1. The summed E-state index contributed by atoms with van der Waals surface area (Å²) in [6, 6.07) is 14.9. The molecule has 2 aliphatic rings. The van der Waals surface area contributed by atoms with E-state index in [1.54, 1.807) is 12.1 Å². The van der Waals surface area contributed by atoms with Crippen LogP contribution in [0.25, 0.3) is 10.9 Å². The molecule has 0 spiro atoms. The van der Waals surface area contributed by atoms with Gasteiger partial charge in [-0.1, -0.05) is 19.1 Å². The number of piperidine rings is 1. The Hall–Kier alpha value is -3.15. The SMILES string of the molecule is CCC(=O)Nc1ccccc1N1CCC2CN(c3ccnc4ccc(F)cc34)CC2C1. The van der Waals surface area contributed by atoms with Gasteiger partial charge in [0.2, 0.25) is 5.91 Å². The number of nitrogens with zero attached hydrogens (tertiary/aromatic N) is 3. The molecule has 31 heavy (non-hydrogen) atoms. The van der Waals surface area contributed by atoms with Gasteiger partial charge in [-0.25, -0.2) is 4.39 Å². The Morgan fingerprint density at radius 1 is 1.06 bits per heavy atom. The molecule has 2 aromatic carbocycles. The highest BCUT2D eigenvalue weighted by atomic mass is 19.1. The van der Waals surface area contributed by atoms with E-state index in [-0.39, 0.29) is 11.7 Å². The van der Waals surface area contributed by atoms with Crippen LogP contribution in [0.15, 0.2) is 54.7 Å². The molecule has 1 aromatic heterocycles. The van der Waals surface area contributed by atoms with E-state index in [0.29, 0.717) is 18.3 Å². The fourth-order valence-electron chi connectivity index (χ4n) is 5.06. The first-order chi connectivity index (χ1) is 15.1. The van der Waals surface area contributed by atoms with E-state index in [2.05, 4.69) is 26.2 Å². The number of carbonyl (C=O) groups is 1. The Morgan fingerprint density at radius 2 is 1.87 bits per heavy atom. The molecule has 0 aliphatic carbocycles. The minimum absolute atomic E-state index is 0.0335. The number of rotatable bonds is 4. The lowest BCUT2D eigenvalue weighted by atomic mass is 9.88. The predicted octanol–water partition coefficient (Wildman–Crippen LogP) is 4.69. The molecular formula is C25H27FN4O. The Labute approximate surface area is 181 Å². The Bertz CT molecular complexity index is 1120.